The first-order chi connectivity index (χ1) is 15.8. The molecule has 1 aliphatic rings. The van der Waals surface area contributed by atoms with Gasteiger partial charge in [0.1, 0.15) is 16.5 Å². The van der Waals surface area contributed by atoms with Crippen LogP contribution in [0, 0.1) is 11.7 Å². The Bertz CT molecular complexity index is 988. The topological polar surface area (TPSA) is 91.8 Å². The maximum atomic E-state index is 13.9. The molecule has 1 fully saturated rings. The average Bonchev–Trinajstić information content (AvgIpc) is 3.27. The van der Waals surface area contributed by atoms with Crippen LogP contribution in [0.2, 0.25) is 0 Å². The molecule has 1 N–H and O–H groups in total. The van der Waals surface area contributed by atoms with E-state index >= 15 is 0 Å². The van der Waals surface area contributed by atoms with Crippen molar-refractivity contribution in [1.82, 2.24) is 14.8 Å². The standard InChI is InChI=1S/C23H29FN4O4S/c1-4-32-22(30)16-9-11-27(12-10-16)21(29)19-14-33-20(25-19)13-28(15(2)3)23(31)26-18-8-6-5-7-17(18)24/h5-8,14-16H,4,9-13H2,1-3H3,(H,26,31). The normalized spacial score (nSPS) is 14.3. The van der Waals surface area contributed by atoms with Gasteiger partial charge in [-0.3, -0.25) is 9.59 Å². The van der Waals surface area contributed by atoms with Crippen LogP contribution in [0.1, 0.15) is 49.1 Å². The smallest absolute Gasteiger partial charge is 0.322 e. The Morgan fingerprint density at radius 3 is 2.61 bits per heavy atom. The fourth-order valence-corrected chi connectivity index (χ4v) is 4.37. The molecule has 0 bridgehead atoms. The first kappa shape index (κ1) is 24.6. The number of likely N-dealkylation sites (tertiary alicyclic amines) is 1. The van der Waals surface area contributed by atoms with E-state index in [0.717, 1.165) is 0 Å². The molecule has 0 atom stereocenters. The van der Waals surface area contributed by atoms with Gasteiger partial charge in [0, 0.05) is 24.5 Å². The third-order valence-electron chi connectivity index (χ3n) is 5.48. The third-order valence-corrected chi connectivity index (χ3v) is 6.31. The van der Waals surface area contributed by atoms with E-state index in [1.54, 1.807) is 29.3 Å². The van der Waals surface area contributed by atoms with Gasteiger partial charge in [0.05, 0.1) is 24.8 Å². The molecule has 1 aromatic heterocycles. The molecular formula is C23H29FN4O4S. The van der Waals surface area contributed by atoms with Gasteiger partial charge in [-0.15, -0.1) is 11.3 Å². The highest BCUT2D eigenvalue weighted by Gasteiger charge is 2.30. The molecule has 178 valence electrons. The fraction of sp³-hybridized carbons (Fsp3) is 0.478. The number of urea groups is 1. The zero-order valence-electron chi connectivity index (χ0n) is 19.0. The van der Waals surface area contributed by atoms with Crippen LogP contribution >= 0.6 is 11.3 Å². The van der Waals surface area contributed by atoms with Crippen LogP contribution in [0.25, 0.3) is 0 Å². The summed E-state index contributed by atoms with van der Waals surface area (Å²) in [6, 6.07) is 5.37. The lowest BCUT2D eigenvalue weighted by atomic mass is 9.97. The first-order valence-corrected chi connectivity index (χ1v) is 11.9. The number of piperidine rings is 1. The van der Waals surface area contributed by atoms with Crippen molar-refractivity contribution in [3.05, 3.63) is 46.2 Å². The molecule has 3 amide bonds. The predicted octanol–water partition coefficient (Wildman–Crippen LogP) is 4.14. The van der Waals surface area contributed by atoms with Crippen molar-refractivity contribution in [3.63, 3.8) is 0 Å². The van der Waals surface area contributed by atoms with E-state index < -0.39 is 11.8 Å². The summed E-state index contributed by atoms with van der Waals surface area (Å²) in [4.78, 5) is 45.2. The van der Waals surface area contributed by atoms with Crippen molar-refractivity contribution in [2.45, 2.75) is 46.2 Å². The van der Waals surface area contributed by atoms with Crippen LogP contribution in [-0.2, 0) is 16.1 Å². The Morgan fingerprint density at radius 2 is 1.97 bits per heavy atom. The third kappa shape index (κ3) is 6.28. The van der Waals surface area contributed by atoms with Crippen molar-refractivity contribution in [3.8, 4) is 0 Å². The molecule has 1 saturated heterocycles. The highest BCUT2D eigenvalue weighted by atomic mass is 32.1. The van der Waals surface area contributed by atoms with Gasteiger partial charge in [0.15, 0.2) is 0 Å². The Morgan fingerprint density at radius 1 is 1.27 bits per heavy atom. The quantitative estimate of drug-likeness (QED) is 0.607. The lowest BCUT2D eigenvalue weighted by Crippen LogP contribution is -2.41. The fourth-order valence-electron chi connectivity index (χ4n) is 3.61. The van der Waals surface area contributed by atoms with Gasteiger partial charge in [-0.1, -0.05) is 12.1 Å². The van der Waals surface area contributed by atoms with Crippen LogP contribution in [-0.4, -0.2) is 58.4 Å². The van der Waals surface area contributed by atoms with Crippen molar-refractivity contribution in [2.24, 2.45) is 5.92 Å². The molecular weight excluding hydrogens is 447 g/mol. The molecule has 0 aliphatic carbocycles. The summed E-state index contributed by atoms with van der Waals surface area (Å²) >= 11 is 1.30. The van der Waals surface area contributed by atoms with Crippen LogP contribution in [0.4, 0.5) is 14.9 Å². The summed E-state index contributed by atoms with van der Waals surface area (Å²) < 4.78 is 19.0. The first-order valence-electron chi connectivity index (χ1n) is 11.0. The minimum atomic E-state index is -0.511. The molecule has 0 unspecified atom stereocenters. The molecule has 0 radical (unpaired) electrons. The molecule has 10 heteroatoms. The molecule has 0 saturated carbocycles. The summed E-state index contributed by atoms with van der Waals surface area (Å²) in [7, 11) is 0. The predicted molar refractivity (Wildman–Crippen MR) is 123 cm³/mol. The molecule has 2 heterocycles. The van der Waals surface area contributed by atoms with E-state index in [1.807, 2.05) is 13.8 Å². The number of benzene rings is 1. The Hall–Kier alpha value is -3.01. The summed E-state index contributed by atoms with van der Waals surface area (Å²) in [6.45, 7) is 6.98. The SMILES string of the molecule is CCOC(=O)C1CCN(C(=O)c2csc(CN(C(=O)Nc3ccccc3F)C(C)C)n2)CC1. The number of nitrogens with zero attached hydrogens (tertiary/aromatic N) is 3. The highest BCUT2D eigenvalue weighted by molar-refractivity contribution is 7.09. The molecule has 2 aromatic rings. The second-order valence-corrected chi connectivity index (χ2v) is 9.02. The Balaban J connectivity index is 1.60. The van der Waals surface area contributed by atoms with Gasteiger partial charge in [0.25, 0.3) is 5.91 Å². The zero-order chi connectivity index (χ0) is 24.0. The highest BCUT2D eigenvalue weighted by Crippen LogP contribution is 2.22. The number of halogens is 1. The molecule has 33 heavy (non-hydrogen) atoms. The second-order valence-electron chi connectivity index (χ2n) is 8.08. The van der Waals surface area contributed by atoms with Crippen LogP contribution in [0.15, 0.2) is 29.6 Å². The van der Waals surface area contributed by atoms with Gasteiger partial charge in [-0.25, -0.2) is 14.2 Å². The molecule has 0 spiro atoms. The summed E-state index contributed by atoms with van der Waals surface area (Å²) in [6.07, 6.45) is 1.14. The number of nitrogens with one attached hydrogen (secondary N) is 1. The monoisotopic (exact) mass is 476 g/mol. The van der Waals surface area contributed by atoms with E-state index in [9.17, 15) is 18.8 Å². The number of hydrogen-bond donors (Lipinski definition) is 1. The van der Waals surface area contributed by atoms with Gasteiger partial charge < -0.3 is 19.9 Å². The number of esters is 1. The number of amides is 3. The van der Waals surface area contributed by atoms with Crippen LogP contribution < -0.4 is 5.32 Å². The molecule has 1 aliphatic heterocycles. The van der Waals surface area contributed by atoms with Crippen molar-refractivity contribution in [2.75, 3.05) is 25.0 Å². The number of ether oxygens (including phenoxy) is 1. The lowest BCUT2D eigenvalue weighted by molar-refractivity contribution is -0.149. The number of anilines is 1. The van der Waals surface area contributed by atoms with E-state index in [1.165, 1.54) is 28.4 Å². The number of carbonyl (C=O) groups is 3. The molecule has 3 rings (SSSR count). The summed E-state index contributed by atoms with van der Waals surface area (Å²) in [5.41, 5.74) is 0.428. The number of hydrogen-bond acceptors (Lipinski definition) is 6. The largest absolute Gasteiger partial charge is 0.466 e. The number of para-hydroxylation sites is 1. The average molecular weight is 477 g/mol. The number of aromatic nitrogens is 1. The van der Waals surface area contributed by atoms with E-state index in [0.29, 0.717) is 43.2 Å². The van der Waals surface area contributed by atoms with Crippen LogP contribution in [0.5, 0.6) is 0 Å². The van der Waals surface area contributed by atoms with E-state index in [2.05, 4.69) is 10.3 Å². The minimum absolute atomic E-state index is 0.106. The molecule has 8 nitrogen and oxygen atoms in total. The van der Waals surface area contributed by atoms with Crippen LogP contribution in [0.3, 0.4) is 0 Å². The molecule has 1 aromatic carbocycles. The maximum absolute atomic E-state index is 13.9. The number of thiazole rings is 1. The summed E-state index contributed by atoms with van der Waals surface area (Å²) in [5.74, 6) is -1.08. The number of rotatable bonds is 7. The zero-order valence-corrected chi connectivity index (χ0v) is 19.9. The second kappa shape index (κ2) is 11.2. The minimum Gasteiger partial charge on any atom is -0.466 e. The van der Waals surface area contributed by atoms with Gasteiger partial charge in [-0.05, 0) is 45.7 Å². The van der Waals surface area contributed by atoms with E-state index in [4.69, 9.17) is 4.74 Å². The lowest BCUT2D eigenvalue weighted by Gasteiger charge is -2.30. The maximum Gasteiger partial charge on any atom is 0.322 e. The van der Waals surface area contributed by atoms with Gasteiger partial charge in [0.2, 0.25) is 0 Å². The van der Waals surface area contributed by atoms with Gasteiger partial charge in [-0.2, -0.15) is 0 Å². The Kier molecular flexibility index (Phi) is 8.37. The van der Waals surface area contributed by atoms with Gasteiger partial charge >= 0.3 is 12.0 Å². The van der Waals surface area contributed by atoms with Crippen molar-refractivity contribution in [1.29, 1.82) is 0 Å². The van der Waals surface area contributed by atoms with Crippen molar-refractivity contribution >= 4 is 34.9 Å². The van der Waals surface area contributed by atoms with Crippen molar-refractivity contribution < 1.29 is 23.5 Å². The van der Waals surface area contributed by atoms with E-state index in [-0.39, 0.29) is 36.1 Å². The Labute approximate surface area is 196 Å². The number of carbonyl (C=O) groups excluding carboxylic acids is 3. The summed E-state index contributed by atoms with van der Waals surface area (Å²) in [5, 5.41) is 4.88.